The van der Waals surface area contributed by atoms with Crippen molar-refractivity contribution in [3.05, 3.63) is 68.4 Å². The number of nitrogens with zero attached hydrogens (tertiary/aromatic N) is 2. The first-order valence-electron chi connectivity index (χ1n) is 7.33. The molecule has 3 rings (SSSR count). The molecule has 1 N–H and O–H groups in total. The quantitative estimate of drug-likeness (QED) is 0.385. The van der Waals surface area contributed by atoms with Crippen molar-refractivity contribution in [3.8, 4) is 5.75 Å². The van der Waals surface area contributed by atoms with Crippen LogP contribution in [0.5, 0.6) is 5.75 Å². The zero-order valence-electron chi connectivity index (χ0n) is 13.4. The highest BCUT2D eigenvalue weighted by Gasteiger charge is 2.14. The maximum Gasteiger partial charge on any atom is 0.307 e. The number of nitro groups is 1. The molecule has 3 aromatic rings. The molecule has 0 spiro atoms. The molecule has 0 fully saturated rings. The van der Waals surface area contributed by atoms with Gasteiger partial charge in [-0.3, -0.25) is 14.9 Å². The predicted octanol–water partition coefficient (Wildman–Crippen LogP) is 3.88. The van der Waals surface area contributed by atoms with Gasteiger partial charge in [0.25, 0.3) is 5.69 Å². The smallest absolute Gasteiger partial charge is 0.307 e. The number of ether oxygens (including phenoxy) is 1. The number of amides is 1. The Labute approximate surface area is 155 Å². The predicted molar refractivity (Wildman–Crippen MR) is 98.6 cm³/mol. The first-order valence-corrected chi connectivity index (χ1v) is 8.12. The minimum absolute atomic E-state index is 0.00793. The lowest BCUT2D eigenvalue weighted by Gasteiger charge is -2.03. The molecule has 0 unspecified atom stereocenters. The summed E-state index contributed by atoms with van der Waals surface area (Å²) in [6.45, 7) is 0. The van der Waals surface area contributed by atoms with Crippen LogP contribution in [-0.2, 0) is 0 Å². The number of nitro benzene ring substituents is 1. The van der Waals surface area contributed by atoms with Crippen LogP contribution < -0.4 is 10.2 Å². The Bertz CT molecular complexity index is 1030. The van der Waals surface area contributed by atoms with Gasteiger partial charge in [-0.05, 0) is 51.8 Å². The molecule has 8 nitrogen and oxygen atoms in total. The van der Waals surface area contributed by atoms with E-state index in [1.165, 1.54) is 30.5 Å². The number of halogens is 1. The summed E-state index contributed by atoms with van der Waals surface area (Å²) in [5.41, 5.74) is 3.40. The maximum atomic E-state index is 12.1. The molecule has 0 aliphatic heterocycles. The van der Waals surface area contributed by atoms with E-state index in [1.807, 2.05) is 0 Å². The van der Waals surface area contributed by atoms with Crippen molar-refractivity contribution >= 4 is 44.7 Å². The third kappa shape index (κ3) is 3.72. The maximum absolute atomic E-state index is 12.1. The number of hydrogen-bond acceptors (Lipinski definition) is 6. The van der Waals surface area contributed by atoms with Crippen LogP contribution in [0.1, 0.15) is 16.1 Å². The molecule has 0 aliphatic carbocycles. The molecular formula is C17H12BrN3O5. The number of hydrazone groups is 1. The van der Waals surface area contributed by atoms with Crippen molar-refractivity contribution in [2.75, 3.05) is 7.11 Å². The standard InChI is InChI=1S/C17H12BrN3O5/c1-25-15-4-2-10(6-13(15)18)9-19-20-17(22)16-8-11-7-12(21(23)24)3-5-14(11)26-16/h2-9H,1H3,(H,20,22)/b19-9-. The van der Waals surface area contributed by atoms with E-state index in [-0.39, 0.29) is 11.4 Å². The Hall–Kier alpha value is -3.20. The Morgan fingerprint density at radius 2 is 2.12 bits per heavy atom. The highest BCUT2D eigenvalue weighted by atomic mass is 79.9. The lowest BCUT2D eigenvalue weighted by molar-refractivity contribution is -0.384. The Kier molecular flexibility index (Phi) is 4.99. The van der Waals surface area contributed by atoms with E-state index in [1.54, 1.807) is 25.3 Å². The minimum atomic E-state index is -0.562. The molecular weight excluding hydrogens is 406 g/mol. The van der Waals surface area contributed by atoms with Crippen molar-refractivity contribution < 1.29 is 18.9 Å². The zero-order valence-corrected chi connectivity index (χ0v) is 15.0. The van der Waals surface area contributed by atoms with Crippen LogP contribution in [0.2, 0.25) is 0 Å². The molecule has 0 saturated carbocycles. The van der Waals surface area contributed by atoms with Gasteiger partial charge in [-0.25, -0.2) is 5.43 Å². The van der Waals surface area contributed by atoms with Gasteiger partial charge in [0.05, 0.1) is 22.7 Å². The number of furan rings is 1. The molecule has 0 radical (unpaired) electrons. The lowest BCUT2D eigenvalue weighted by Crippen LogP contribution is -2.16. The summed E-state index contributed by atoms with van der Waals surface area (Å²) in [6.07, 6.45) is 1.47. The third-order valence-electron chi connectivity index (χ3n) is 3.49. The average Bonchev–Trinajstić information content (AvgIpc) is 3.05. The fourth-order valence-electron chi connectivity index (χ4n) is 2.24. The second kappa shape index (κ2) is 7.36. The Morgan fingerprint density at radius 3 is 2.81 bits per heavy atom. The molecule has 9 heteroatoms. The number of benzene rings is 2. The molecule has 132 valence electrons. The summed E-state index contributed by atoms with van der Waals surface area (Å²) in [4.78, 5) is 22.4. The fourth-order valence-corrected chi connectivity index (χ4v) is 2.80. The van der Waals surface area contributed by atoms with Crippen LogP contribution in [-0.4, -0.2) is 24.2 Å². The van der Waals surface area contributed by atoms with E-state index >= 15 is 0 Å². The van der Waals surface area contributed by atoms with Gasteiger partial charge >= 0.3 is 5.91 Å². The largest absolute Gasteiger partial charge is 0.496 e. The minimum Gasteiger partial charge on any atom is -0.496 e. The van der Waals surface area contributed by atoms with Gasteiger partial charge < -0.3 is 9.15 Å². The summed E-state index contributed by atoms with van der Waals surface area (Å²) in [5, 5.41) is 15.1. The fraction of sp³-hybridized carbons (Fsp3) is 0.0588. The number of rotatable bonds is 5. The molecule has 1 aromatic heterocycles. The average molecular weight is 418 g/mol. The van der Waals surface area contributed by atoms with Crippen LogP contribution in [0.3, 0.4) is 0 Å². The van der Waals surface area contributed by atoms with Gasteiger partial charge in [0.15, 0.2) is 5.76 Å². The summed E-state index contributed by atoms with van der Waals surface area (Å²) < 4.78 is 11.3. The molecule has 0 aliphatic rings. The van der Waals surface area contributed by atoms with Gasteiger partial charge in [0.2, 0.25) is 0 Å². The van der Waals surface area contributed by atoms with Crippen molar-refractivity contribution in [1.82, 2.24) is 5.43 Å². The Morgan fingerprint density at radius 1 is 1.31 bits per heavy atom. The van der Waals surface area contributed by atoms with E-state index in [9.17, 15) is 14.9 Å². The van der Waals surface area contributed by atoms with Gasteiger partial charge in [0, 0.05) is 17.5 Å². The van der Waals surface area contributed by atoms with Crippen LogP contribution in [0.25, 0.3) is 11.0 Å². The summed E-state index contributed by atoms with van der Waals surface area (Å²) in [6, 6.07) is 10.9. The molecule has 26 heavy (non-hydrogen) atoms. The molecule has 0 bridgehead atoms. The molecule has 0 saturated heterocycles. The summed E-state index contributed by atoms with van der Waals surface area (Å²) >= 11 is 3.36. The third-order valence-corrected chi connectivity index (χ3v) is 4.11. The second-order valence-corrected chi connectivity index (χ2v) is 6.04. The summed E-state index contributed by atoms with van der Waals surface area (Å²) in [7, 11) is 1.57. The van der Waals surface area contributed by atoms with Crippen molar-refractivity contribution in [2.45, 2.75) is 0 Å². The SMILES string of the molecule is COc1ccc(/C=N\NC(=O)c2cc3cc([N+](=O)[O-])ccc3o2)cc1Br. The number of hydrogen-bond donors (Lipinski definition) is 1. The first kappa shape index (κ1) is 17.6. The highest BCUT2D eigenvalue weighted by Crippen LogP contribution is 2.25. The molecule has 1 heterocycles. The van der Waals surface area contributed by atoms with E-state index in [0.717, 1.165) is 10.0 Å². The highest BCUT2D eigenvalue weighted by molar-refractivity contribution is 9.10. The molecule has 2 aromatic carbocycles. The Balaban J connectivity index is 1.72. The van der Waals surface area contributed by atoms with E-state index in [4.69, 9.17) is 9.15 Å². The van der Waals surface area contributed by atoms with Crippen LogP contribution in [0.4, 0.5) is 5.69 Å². The van der Waals surface area contributed by atoms with Crippen molar-refractivity contribution in [3.63, 3.8) is 0 Å². The van der Waals surface area contributed by atoms with Crippen LogP contribution >= 0.6 is 15.9 Å². The number of nitrogens with one attached hydrogen (secondary N) is 1. The number of methoxy groups -OCH3 is 1. The first-order chi connectivity index (χ1) is 12.5. The second-order valence-electron chi connectivity index (χ2n) is 5.18. The van der Waals surface area contributed by atoms with E-state index in [2.05, 4.69) is 26.5 Å². The summed E-state index contributed by atoms with van der Waals surface area (Å²) in [5.74, 6) is 0.129. The monoisotopic (exact) mass is 417 g/mol. The zero-order chi connectivity index (χ0) is 18.7. The van der Waals surface area contributed by atoms with Crippen molar-refractivity contribution in [2.24, 2.45) is 5.10 Å². The van der Waals surface area contributed by atoms with E-state index in [0.29, 0.717) is 16.7 Å². The van der Waals surface area contributed by atoms with Gasteiger partial charge in [-0.1, -0.05) is 0 Å². The number of carbonyl (C=O) groups is 1. The van der Waals surface area contributed by atoms with Gasteiger partial charge in [-0.2, -0.15) is 5.10 Å². The number of carbonyl (C=O) groups excluding carboxylic acids is 1. The van der Waals surface area contributed by atoms with E-state index < -0.39 is 10.8 Å². The number of non-ortho nitro benzene ring substituents is 1. The topological polar surface area (TPSA) is 107 Å². The van der Waals surface area contributed by atoms with Gasteiger partial charge in [0.1, 0.15) is 11.3 Å². The molecule has 1 amide bonds. The number of fused-ring (bicyclic) bond motifs is 1. The van der Waals surface area contributed by atoms with Gasteiger partial charge in [-0.15, -0.1) is 0 Å². The molecule has 0 atom stereocenters. The normalized spacial score (nSPS) is 11.0. The van der Waals surface area contributed by atoms with Crippen molar-refractivity contribution in [1.29, 1.82) is 0 Å². The van der Waals surface area contributed by atoms with Crippen LogP contribution in [0.15, 0.2) is 56.5 Å². The van der Waals surface area contributed by atoms with Crippen LogP contribution in [0, 0.1) is 10.1 Å². The lowest BCUT2D eigenvalue weighted by atomic mass is 10.2.